The van der Waals surface area contributed by atoms with Crippen molar-refractivity contribution in [2.24, 2.45) is 10.2 Å². The summed E-state index contributed by atoms with van der Waals surface area (Å²) in [5.41, 5.74) is 1.85. The van der Waals surface area contributed by atoms with E-state index >= 15 is 0 Å². The Kier molecular flexibility index (Phi) is 6.75. The Morgan fingerprint density at radius 1 is 1.17 bits per heavy atom. The molecule has 0 aliphatic carbocycles. The Morgan fingerprint density at radius 3 is 2.59 bits per heavy atom. The Balaban J connectivity index is 1.54. The van der Waals surface area contributed by atoms with Crippen LogP contribution < -0.4 is 10.6 Å². The molecule has 1 fully saturated rings. The first-order chi connectivity index (χ1) is 14.0. The number of hydrogen-bond acceptors (Lipinski definition) is 7. The van der Waals surface area contributed by atoms with Gasteiger partial charge in [-0.05, 0) is 29.8 Å². The molecule has 2 aromatic carbocycles. The highest BCUT2D eigenvalue weighted by Gasteiger charge is 2.32. The van der Waals surface area contributed by atoms with E-state index in [0.29, 0.717) is 16.4 Å². The summed E-state index contributed by atoms with van der Waals surface area (Å²) in [7, 11) is 1.32. The van der Waals surface area contributed by atoms with Gasteiger partial charge in [-0.15, -0.1) is 5.10 Å². The molecule has 2 N–H and O–H groups in total. The maximum absolute atomic E-state index is 12.1. The first kappa shape index (κ1) is 20.3. The van der Waals surface area contributed by atoms with Gasteiger partial charge in [-0.2, -0.15) is 5.10 Å². The van der Waals surface area contributed by atoms with Crippen molar-refractivity contribution in [1.29, 1.82) is 0 Å². The van der Waals surface area contributed by atoms with Gasteiger partial charge >= 0.3 is 5.97 Å². The van der Waals surface area contributed by atoms with Gasteiger partial charge in [0.05, 0.1) is 18.9 Å². The highest BCUT2D eigenvalue weighted by atomic mass is 32.2. The van der Waals surface area contributed by atoms with E-state index < -0.39 is 11.2 Å². The summed E-state index contributed by atoms with van der Waals surface area (Å²) in [5, 5.41) is 13.0. The summed E-state index contributed by atoms with van der Waals surface area (Å²) in [4.78, 5) is 35.6. The fraction of sp³-hybridized carbons (Fsp3) is 0.150. The Bertz CT molecular complexity index is 958. The number of thioether (sulfide) groups is 1. The van der Waals surface area contributed by atoms with Gasteiger partial charge in [-0.25, -0.2) is 4.79 Å². The zero-order valence-corrected chi connectivity index (χ0v) is 16.3. The van der Waals surface area contributed by atoms with E-state index in [1.165, 1.54) is 13.3 Å². The molecule has 0 radical (unpaired) electrons. The minimum atomic E-state index is -0.563. The van der Waals surface area contributed by atoms with E-state index in [-0.39, 0.29) is 18.2 Å². The molecule has 1 heterocycles. The van der Waals surface area contributed by atoms with E-state index in [9.17, 15) is 14.4 Å². The van der Waals surface area contributed by atoms with Crippen LogP contribution >= 0.6 is 11.8 Å². The number of para-hydroxylation sites is 1. The lowest BCUT2D eigenvalue weighted by Crippen LogP contribution is -2.28. The number of benzene rings is 2. The summed E-state index contributed by atoms with van der Waals surface area (Å²) >= 11 is 1.16. The maximum Gasteiger partial charge on any atom is 0.337 e. The van der Waals surface area contributed by atoms with E-state index in [1.807, 2.05) is 18.2 Å². The third-order valence-electron chi connectivity index (χ3n) is 3.89. The lowest BCUT2D eigenvalue weighted by atomic mass is 10.1. The van der Waals surface area contributed by atoms with Crippen LogP contribution in [0.4, 0.5) is 5.69 Å². The molecule has 0 bridgehead atoms. The van der Waals surface area contributed by atoms with Gasteiger partial charge in [0.25, 0.3) is 0 Å². The second kappa shape index (κ2) is 9.65. The molecule has 0 spiro atoms. The summed E-state index contributed by atoms with van der Waals surface area (Å²) in [5.74, 6) is -0.949. The van der Waals surface area contributed by atoms with Crippen LogP contribution in [0.1, 0.15) is 22.3 Å². The highest BCUT2D eigenvalue weighted by molar-refractivity contribution is 8.15. The van der Waals surface area contributed by atoms with E-state index in [4.69, 9.17) is 0 Å². The van der Waals surface area contributed by atoms with Crippen LogP contribution in [0, 0.1) is 0 Å². The molecule has 1 aliphatic heterocycles. The summed E-state index contributed by atoms with van der Waals surface area (Å²) in [6, 6.07) is 15.7. The molecule has 9 heteroatoms. The predicted molar refractivity (Wildman–Crippen MR) is 112 cm³/mol. The maximum atomic E-state index is 12.1. The standard InChI is InChI=1S/C20H18N4O4S/c1-28-19(27)14-9-7-13(8-10-14)12-21-24-20-23-18(26)16(29-20)11-17(25)22-15-5-3-2-4-6-15/h2-10,12,16H,11H2,1H3,(H,22,25)(H,23,24,26). The molecule has 1 aliphatic rings. The second-order valence-corrected chi connectivity index (χ2v) is 7.17. The highest BCUT2D eigenvalue weighted by Crippen LogP contribution is 2.23. The number of carbonyl (C=O) groups is 3. The first-order valence-corrected chi connectivity index (χ1v) is 9.55. The number of hydrogen-bond donors (Lipinski definition) is 2. The minimum Gasteiger partial charge on any atom is -0.465 e. The van der Waals surface area contributed by atoms with Crippen LogP contribution in [0.5, 0.6) is 0 Å². The smallest absolute Gasteiger partial charge is 0.337 e. The van der Waals surface area contributed by atoms with Crippen molar-refractivity contribution >= 4 is 46.6 Å². The number of carbonyl (C=O) groups excluding carboxylic acids is 3. The van der Waals surface area contributed by atoms with Crippen molar-refractivity contribution in [2.75, 3.05) is 12.4 Å². The third-order valence-corrected chi connectivity index (χ3v) is 4.96. The van der Waals surface area contributed by atoms with Crippen LogP contribution in [0.2, 0.25) is 0 Å². The number of esters is 1. The van der Waals surface area contributed by atoms with Crippen LogP contribution in [0.25, 0.3) is 0 Å². The van der Waals surface area contributed by atoms with Crippen molar-refractivity contribution in [3.8, 4) is 0 Å². The lowest BCUT2D eigenvalue weighted by molar-refractivity contribution is -0.122. The quantitative estimate of drug-likeness (QED) is 0.432. The van der Waals surface area contributed by atoms with Gasteiger partial charge in [-0.1, -0.05) is 42.1 Å². The van der Waals surface area contributed by atoms with Crippen molar-refractivity contribution in [1.82, 2.24) is 5.32 Å². The van der Waals surface area contributed by atoms with Gasteiger partial charge in [0.1, 0.15) is 5.25 Å². The monoisotopic (exact) mass is 410 g/mol. The molecule has 0 aromatic heterocycles. The van der Waals surface area contributed by atoms with Crippen molar-refractivity contribution in [3.63, 3.8) is 0 Å². The molecule has 2 aromatic rings. The van der Waals surface area contributed by atoms with Crippen LogP contribution in [-0.2, 0) is 14.3 Å². The fourth-order valence-electron chi connectivity index (χ4n) is 2.46. The molecule has 1 saturated heterocycles. The second-order valence-electron chi connectivity index (χ2n) is 5.98. The summed E-state index contributed by atoms with van der Waals surface area (Å²) in [6.07, 6.45) is 1.53. The summed E-state index contributed by atoms with van der Waals surface area (Å²) < 4.78 is 4.64. The topological polar surface area (TPSA) is 109 Å². The van der Waals surface area contributed by atoms with Crippen molar-refractivity contribution in [3.05, 3.63) is 65.7 Å². The Morgan fingerprint density at radius 2 is 1.90 bits per heavy atom. The normalized spacial score (nSPS) is 17.3. The van der Waals surface area contributed by atoms with Gasteiger partial charge in [-0.3, -0.25) is 9.59 Å². The average Bonchev–Trinajstić information content (AvgIpc) is 3.07. The largest absolute Gasteiger partial charge is 0.465 e. The molecule has 8 nitrogen and oxygen atoms in total. The van der Waals surface area contributed by atoms with Crippen molar-refractivity contribution < 1.29 is 19.1 Å². The molecule has 29 heavy (non-hydrogen) atoms. The molecular weight excluding hydrogens is 392 g/mol. The molecule has 3 rings (SSSR count). The van der Waals surface area contributed by atoms with Crippen molar-refractivity contribution in [2.45, 2.75) is 11.7 Å². The van der Waals surface area contributed by atoms with Crippen LogP contribution in [-0.4, -0.2) is 41.5 Å². The SMILES string of the molecule is COC(=O)c1ccc(C=NN=C2NC(=O)C(CC(=O)Nc3ccccc3)S2)cc1. The minimum absolute atomic E-state index is 0.0309. The Hall–Kier alpha value is -3.46. The molecule has 1 unspecified atom stereocenters. The van der Waals surface area contributed by atoms with Gasteiger partial charge in [0.15, 0.2) is 5.17 Å². The van der Waals surface area contributed by atoms with Crippen LogP contribution in [0.3, 0.4) is 0 Å². The molecule has 1 atom stereocenters. The van der Waals surface area contributed by atoms with E-state index in [1.54, 1.807) is 36.4 Å². The number of nitrogens with zero attached hydrogens (tertiary/aromatic N) is 2. The summed E-state index contributed by atoms with van der Waals surface area (Å²) in [6.45, 7) is 0. The third kappa shape index (κ3) is 5.76. The Labute approximate surface area is 171 Å². The van der Waals surface area contributed by atoms with Crippen LogP contribution in [0.15, 0.2) is 64.8 Å². The molecule has 148 valence electrons. The lowest BCUT2D eigenvalue weighted by Gasteiger charge is -2.06. The average molecular weight is 410 g/mol. The van der Waals surface area contributed by atoms with E-state index in [2.05, 4.69) is 25.6 Å². The van der Waals surface area contributed by atoms with E-state index in [0.717, 1.165) is 17.3 Å². The van der Waals surface area contributed by atoms with Gasteiger partial charge in [0.2, 0.25) is 11.8 Å². The molecule has 2 amide bonds. The number of methoxy groups -OCH3 is 1. The zero-order valence-electron chi connectivity index (χ0n) is 15.5. The molecular formula is C20H18N4O4S. The predicted octanol–water partition coefficient (Wildman–Crippen LogP) is 2.42. The zero-order chi connectivity index (χ0) is 20.6. The van der Waals surface area contributed by atoms with Gasteiger partial charge in [0, 0.05) is 12.1 Å². The van der Waals surface area contributed by atoms with Gasteiger partial charge < -0.3 is 15.4 Å². The first-order valence-electron chi connectivity index (χ1n) is 8.67. The number of rotatable bonds is 6. The fourth-order valence-corrected chi connectivity index (χ4v) is 3.38. The number of nitrogens with one attached hydrogen (secondary N) is 2. The number of amidine groups is 1. The number of amides is 2. The number of ether oxygens (including phenoxy) is 1. The number of anilines is 1. The molecule has 0 saturated carbocycles.